The number of ether oxygens (including phenoxy) is 3. The van der Waals surface area contributed by atoms with E-state index in [1.54, 1.807) is 30.3 Å². The number of carbonyl (C=O) groups excluding carboxylic acids is 1. The summed E-state index contributed by atoms with van der Waals surface area (Å²) in [5.74, 6) is 0.619. The number of rotatable bonds is 9. The Bertz CT molecular complexity index is 1320. The van der Waals surface area contributed by atoms with Gasteiger partial charge in [0.1, 0.15) is 42.6 Å². The maximum absolute atomic E-state index is 12.3. The van der Waals surface area contributed by atoms with E-state index in [0.717, 1.165) is 11.1 Å². The lowest BCUT2D eigenvalue weighted by atomic mass is 9.85. The van der Waals surface area contributed by atoms with Crippen LogP contribution >= 0.6 is 0 Å². The monoisotopic (exact) mass is 491 g/mol. The highest BCUT2D eigenvalue weighted by Crippen LogP contribution is 2.33. The first kappa shape index (κ1) is 26.0. The first-order valence-corrected chi connectivity index (χ1v) is 10.9. The molecule has 0 aliphatic heterocycles. The molecule has 0 spiro atoms. The average molecular weight is 492 g/mol. The minimum atomic E-state index is -0.619. The number of hydrogen-bond acceptors (Lipinski definition) is 9. The number of hydrogen-bond donors (Lipinski definition) is 0. The molecule has 2 aromatic carbocycles. The molecule has 0 bridgehead atoms. The third-order valence-corrected chi connectivity index (χ3v) is 5.66. The van der Waals surface area contributed by atoms with Crippen LogP contribution in [0.1, 0.15) is 32.3 Å². The molecule has 0 aromatic heterocycles. The maximum atomic E-state index is 12.3. The van der Waals surface area contributed by atoms with Gasteiger partial charge in [-0.25, -0.2) is 4.79 Å². The van der Waals surface area contributed by atoms with E-state index >= 15 is 0 Å². The zero-order valence-electron chi connectivity index (χ0n) is 20.4. The molecule has 0 unspecified atom stereocenters. The molecule has 186 valence electrons. The highest BCUT2D eigenvalue weighted by molar-refractivity contribution is 6.43. The van der Waals surface area contributed by atoms with Crippen molar-refractivity contribution in [1.29, 1.82) is 5.26 Å². The van der Waals surface area contributed by atoms with Gasteiger partial charge in [0.2, 0.25) is 0 Å². The van der Waals surface area contributed by atoms with Crippen LogP contribution in [0.3, 0.4) is 0 Å². The van der Waals surface area contributed by atoms with Gasteiger partial charge in [0.05, 0.1) is 12.0 Å². The van der Waals surface area contributed by atoms with Gasteiger partial charge in [0.25, 0.3) is 5.69 Å². The minimum Gasteiger partial charge on any atom is -0.489 e. The smallest absolute Gasteiger partial charge is 0.360 e. The number of allylic oxidation sites excluding steroid dienone is 2. The van der Waals surface area contributed by atoms with E-state index in [9.17, 15) is 20.2 Å². The maximum Gasteiger partial charge on any atom is 0.360 e. The summed E-state index contributed by atoms with van der Waals surface area (Å²) in [5, 5.41) is 24.1. The van der Waals surface area contributed by atoms with Crippen molar-refractivity contribution in [2.75, 3.05) is 20.8 Å². The summed E-state index contributed by atoms with van der Waals surface area (Å²) in [5.41, 5.74) is 3.61. The Hall–Kier alpha value is -4.65. The lowest BCUT2D eigenvalue weighted by Gasteiger charge is -2.23. The van der Waals surface area contributed by atoms with Crippen molar-refractivity contribution in [3.63, 3.8) is 0 Å². The van der Waals surface area contributed by atoms with Crippen molar-refractivity contribution >= 4 is 17.4 Å². The number of esters is 1. The number of oxime groups is 1. The molecule has 2 aromatic rings. The summed E-state index contributed by atoms with van der Waals surface area (Å²) in [6.07, 6.45) is 1.13. The van der Waals surface area contributed by atoms with Crippen LogP contribution < -0.4 is 9.47 Å². The van der Waals surface area contributed by atoms with E-state index in [1.807, 2.05) is 13.8 Å². The molecule has 0 saturated heterocycles. The van der Waals surface area contributed by atoms with Gasteiger partial charge in [-0.2, -0.15) is 5.26 Å². The van der Waals surface area contributed by atoms with Crippen LogP contribution in [0.4, 0.5) is 5.69 Å². The molecule has 0 heterocycles. The lowest BCUT2D eigenvalue weighted by Crippen LogP contribution is -2.24. The molecular formula is C26H25N3O7. The van der Waals surface area contributed by atoms with Crippen molar-refractivity contribution in [1.82, 2.24) is 0 Å². The number of benzene rings is 2. The largest absolute Gasteiger partial charge is 0.489 e. The molecule has 0 fully saturated rings. The highest BCUT2D eigenvalue weighted by Gasteiger charge is 2.26. The van der Waals surface area contributed by atoms with Crippen molar-refractivity contribution in [3.8, 4) is 23.3 Å². The van der Waals surface area contributed by atoms with E-state index in [-0.39, 0.29) is 29.3 Å². The molecule has 0 radical (unpaired) electrons. The summed E-state index contributed by atoms with van der Waals surface area (Å²) in [6.45, 7) is 4.23. The molecule has 0 saturated carbocycles. The summed E-state index contributed by atoms with van der Waals surface area (Å²) < 4.78 is 16.7. The predicted octanol–water partition coefficient (Wildman–Crippen LogP) is 5.24. The van der Waals surface area contributed by atoms with Gasteiger partial charge in [-0.3, -0.25) is 10.1 Å². The van der Waals surface area contributed by atoms with E-state index in [1.165, 1.54) is 38.0 Å². The van der Waals surface area contributed by atoms with E-state index in [4.69, 9.17) is 19.0 Å². The van der Waals surface area contributed by atoms with Gasteiger partial charge in [0.15, 0.2) is 5.71 Å². The highest BCUT2D eigenvalue weighted by atomic mass is 16.6. The molecule has 10 nitrogen and oxygen atoms in total. The van der Waals surface area contributed by atoms with Crippen LogP contribution in [-0.4, -0.2) is 37.4 Å². The number of nitriles is 1. The summed E-state index contributed by atoms with van der Waals surface area (Å²) in [7, 11) is 2.66. The summed E-state index contributed by atoms with van der Waals surface area (Å²) in [4.78, 5) is 27.6. The zero-order valence-corrected chi connectivity index (χ0v) is 20.4. The van der Waals surface area contributed by atoms with E-state index in [2.05, 4.69) is 5.16 Å². The van der Waals surface area contributed by atoms with Gasteiger partial charge >= 0.3 is 5.97 Å². The second-order valence-electron chi connectivity index (χ2n) is 8.02. The molecule has 3 rings (SSSR count). The summed E-state index contributed by atoms with van der Waals surface area (Å²) >= 11 is 0. The Morgan fingerprint density at radius 2 is 1.78 bits per heavy atom. The van der Waals surface area contributed by atoms with Crippen LogP contribution in [0.25, 0.3) is 0 Å². The molecule has 10 heteroatoms. The standard InChI is InChI=1S/C26H25N3O7/c1-16-10-19(23(11-17(16)2)25(28-34-4)26(30)33-3)15-35-20-6-5-7-21(13-20)36-22-8-9-24(29(31)32)18(12-22)14-27/h5-9,12-13H,10-11,15H2,1-4H3/b28-25-. The van der Waals surface area contributed by atoms with Gasteiger partial charge < -0.3 is 19.0 Å². The fourth-order valence-corrected chi connectivity index (χ4v) is 3.67. The predicted molar refractivity (Wildman–Crippen MR) is 131 cm³/mol. The molecular weight excluding hydrogens is 466 g/mol. The van der Waals surface area contributed by atoms with Gasteiger partial charge in [-0.1, -0.05) is 22.4 Å². The molecule has 0 amide bonds. The van der Waals surface area contributed by atoms with Crippen molar-refractivity contribution in [3.05, 3.63) is 80.4 Å². The Morgan fingerprint density at radius 1 is 1.08 bits per heavy atom. The third-order valence-electron chi connectivity index (χ3n) is 5.66. The first-order chi connectivity index (χ1) is 17.3. The zero-order chi connectivity index (χ0) is 26.2. The normalized spacial score (nSPS) is 13.7. The van der Waals surface area contributed by atoms with Crippen LogP contribution in [0, 0.1) is 21.4 Å². The molecule has 1 aliphatic carbocycles. The number of methoxy groups -OCH3 is 1. The fourth-order valence-electron chi connectivity index (χ4n) is 3.67. The van der Waals surface area contributed by atoms with Gasteiger partial charge in [-0.15, -0.1) is 0 Å². The van der Waals surface area contributed by atoms with Crippen LogP contribution in [-0.2, 0) is 14.4 Å². The van der Waals surface area contributed by atoms with Crippen LogP contribution in [0.15, 0.2) is 69.9 Å². The Labute approximate surface area is 208 Å². The third kappa shape index (κ3) is 6.07. The first-order valence-electron chi connectivity index (χ1n) is 10.9. The van der Waals surface area contributed by atoms with Crippen molar-refractivity contribution < 1.29 is 28.8 Å². The molecule has 0 N–H and O–H groups in total. The van der Waals surface area contributed by atoms with Gasteiger partial charge in [0, 0.05) is 18.2 Å². The minimum absolute atomic E-state index is 0.0977. The molecule has 0 atom stereocenters. The number of nitro benzene ring substituents is 1. The van der Waals surface area contributed by atoms with Crippen molar-refractivity contribution in [2.45, 2.75) is 26.7 Å². The topological polar surface area (TPSA) is 133 Å². The second kappa shape index (κ2) is 11.7. The van der Waals surface area contributed by atoms with E-state index < -0.39 is 10.9 Å². The fraction of sp³-hybridized carbons (Fsp3) is 0.269. The van der Waals surface area contributed by atoms with Gasteiger partial charge in [-0.05, 0) is 56.0 Å². The lowest BCUT2D eigenvalue weighted by molar-refractivity contribution is -0.385. The SMILES string of the molecule is CO/N=C(\C(=O)OC)C1=C(COc2cccc(Oc3ccc([N+](=O)[O-])c(C#N)c3)c2)CC(C)=C(C)C1. The van der Waals surface area contributed by atoms with Crippen molar-refractivity contribution in [2.24, 2.45) is 5.16 Å². The van der Waals surface area contributed by atoms with Crippen LogP contribution in [0.5, 0.6) is 17.2 Å². The quantitative estimate of drug-likeness (QED) is 0.153. The van der Waals surface area contributed by atoms with Crippen LogP contribution in [0.2, 0.25) is 0 Å². The molecule has 36 heavy (non-hydrogen) atoms. The Morgan fingerprint density at radius 3 is 2.44 bits per heavy atom. The number of carbonyl (C=O) groups is 1. The Balaban J connectivity index is 1.82. The van der Waals surface area contributed by atoms with E-state index in [0.29, 0.717) is 29.9 Å². The number of nitro groups is 1. The Kier molecular flexibility index (Phi) is 8.41. The average Bonchev–Trinajstić information content (AvgIpc) is 2.87. The summed E-state index contributed by atoms with van der Waals surface area (Å²) in [6, 6.07) is 12.6. The number of nitrogens with zero attached hydrogens (tertiary/aromatic N) is 3. The second-order valence-corrected chi connectivity index (χ2v) is 8.02. The molecule has 1 aliphatic rings.